The van der Waals surface area contributed by atoms with Crippen molar-refractivity contribution < 1.29 is 14.6 Å². The van der Waals surface area contributed by atoms with Crippen LogP contribution in [0.2, 0.25) is 0 Å². The van der Waals surface area contributed by atoms with Crippen molar-refractivity contribution in [2.24, 2.45) is 5.73 Å². The van der Waals surface area contributed by atoms with E-state index in [1.165, 1.54) is 26.4 Å². The average Bonchev–Trinajstić information content (AvgIpc) is 2.90. The largest absolute Gasteiger partial charge is 0.508 e. The van der Waals surface area contributed by atoms with Crippen molar-refractivity contribution >= 4 is 11.3 Å². The molecule has 96 valence electrons. The van der Waals surface area contributed by atoms with Gasteiger partial charge < -0.3 is 20.3 Å². The minimum absolute atomic E-state index is 0.0879. The molecule has 0 fully saturated rings. The molecule has 2 aromatic rings. The Hall–Kier alpha value is -1.72. The minimum Gasteiger partial charge on any atom is -0.508 e. The van der Waals surface area contributed by atoms with Gasteiger partial charge in [-0.15, -0.1) is 0 Å². The maximum Gasteiger partial charge on any atom is 0.131 e. The maximum absolute atomic E-state index is 9.59. The molecule has 0 amide bonds. The van der Waals surface area contributed by atoms with Gasteiger partial charge in [-0.2, -0.15) is 11.3 Å². The molecule has 0 spiro atoms. The van der Waals surface area contributed by atoms with E-state index < -0.39 is 0 Å². The highest BCUT2D eigenvalue weighted by Gasteiger charge is 2.20. The molecule has 1 aromatic heterocycles. The second-order valence-corrected chi connectivity index (χ2v) is 4.58. The molecule has 4 nitrogen and oxygen atoms in total. The van der Waals surface area contributed by atoms with Crippen LogP contribution >= 0.6 is 11.3 Å². The fourth-order valence-corrected chi connectivity index (χ4v) is 2.55. The van der Waals surface area contributed by atoms with Crippen molar-refractivity contribution in [3.63, 3.8) is 0 Å². The molecule has 0 unspecified atom stereocenters. The Morgan fingerprint density at radius 2 is 1.83 bits per heavy atom. The van der Waals surface area contributed by atoms with Gasteiger partial charge in [0, 0.05) is 12.1 Å². The van der Waals surface area contributed by atoms with Gasteiger partial charge in [0.2, 0.25) is 0 Å². The Morgan fingerprint density at radius 3 is 2.28 bits per heavy atom. The summed E-state index contributed by atoms with van der Waals surface area (Å²) in [5, 5.41) is 13.5. The van der Waals surface area contributed by atoms with Crippen molar-refractivity contribution in [2.45, 2.75) is 6.04 Å². The highest BCUT2D eigenvalue weighted by atomic mass is 32.1. The molecule has 0 bridgehead atoms. The molecule has 1 aromatic carbocycles. The van der Waals surface area contributed by atoms with Gasteiger partial charge in [0.1, 0.15) is 17.2 Å². The SMILES string of the molecule is COc1cc(O)cc(OC)c1[C@@H](N)c1ccsc1. The van der Waals surface area contributed by atoms with Crippen molar-refractivity contribution in [1.29, 1.82) is 0 Å². The molecule has 0 saturated heterocycles. The number of phenolic OH excluding ortho intramolecular Hbond substituents is 1. The molecule has 1 atom stereocenters. The van der Waals surface area contributed by atoms with Crippen LogP contribution in [0.1, 0.15) is 17.2 Å². The third-order valence-electron chi connectivity index (χ3n) is 2.74. The van der Waals surface area contributed by atoms with Crippen molar-refractivity contribution in [3.05, 3.63) is 40.1 Å². The van der Waals surface area contributed by atoms with E-state index in [9.17, 15) is 5.11 Å². The Balaban J connectivity index is 2.54. The molecule has 3 N–H and O–H groups in total. The first-order valence-electron chi connectivity index (χ1n) is 5.40. The summed E-state index contributed by atoms with van der Waals surface area (Å²) in [7, 11) is 3.08. The number of thiophene rings is 1. The van der Waals surface area contributed by atoms with E-state index in [0.29, 0.717) is 11.5 Å². The first-order valence-corrected chi connectivity index (χ1v) is 6.34. The van der Waals surface area contributed by atoms with E-state index in [-0.39, 0.29) is 11.8 Å². The summed E-state index contributed by atoms with van der Waals surface area (Å²) in [6, 6.07) is 4.68. The van der Waals surface area contributed by atoms with Gasteiger partial charge >= 0.3 is 0 Å². The lowest BCUT2D eigenvalue weighted by Crippen LogP contribution is -2.13. The zero-order valence-corrected chi connectivity index (χ0v) is 11.0. The number of phenols is 1. The summed E-state index contributed by atoms with van der Waals surface area (Å²) in [5.41, 5.74) is 7.95. The Labute approximate surface area is 110 Å². The molecule has 0 aliphatic heterocycles. The molecule has 0 aliphatic carbocycles. The van der Waals surface area contributed by atoms with Crippen LogP contribution in [0.25, 0.3) is 0 Å². The second kappa shape index (κ2) is 5.29. The highest BCUT2D eigenvalue weighted by Crippen LogP contribution is 2.39. The lowest BCUT2D eigenvalue weighted by molar-refractivity contribution is 0.374. The molecule has 5 heteroatoms. The van der Waals surface area contributed by atoms with E-state index in [1.807, 2.05) is 16.8 Å². The zero-order chi connectivity index (χ0) is 13.1. The minimum atomic E-state index is -0.346. The van der Waals surface area contributed by atoms with Crippen LogP contribution in [-0.4, -0.2) is 19.3 Å². The van der Waals surface area contributed by atoms with Gasteiger partial charge in [0.15, 0.2) is 0 Å². The zero-order valence-electron chi connectivity index (χ0n) is 10.2. The van der Waals surface area contributed by atoms with E-state index in [2.05, 4.69) is 0 Å². The van der Waals surface area contributed by atoms with Crippen molar-refractivity contribution in [3.8, 4) is 17.2 Å². The molecular weight excluding hydrogens is 250 g/mol. The fourth-order valence-electron chi connectivity index (χ4n) is 1.85. The summed E-state index contributed by atoms with van der Waals surface area (Å²) in [4.78, 5) is 0. The lowest BCUT2D eigenvalue weighted by Gasteiger charge is -2.18. The first kappa shape index (κ1) is 12.7. The van der Waals surface area contributed by atoms with Crippen LogP contribution in [0.5, 0.6) is 17.2 Å². The van der Waals surface area contributed by atoms with Crippen LogP contribution in [0.4, 0.5) is 0 Å². The molecule has 2 rings (SSSR count). The molecule has 0 aliphatic rings. The van der Waals surface area contributed by atoms with Crippen LogP contribution in [-0.2, 0) is 0 Å². The number of benzene rings is 1. The average molecular weight is 265 g/mol. The van der Waals surface area contributed by atoms with Crippen molar-refractivity contribution in [1.82, 2.24) is 0 Å². The van der Waals surface area contributed by atoms with E-state index in [4.69, 9.17) is 15.2 Å². The summed E-state index contributed by atoms with van der Waals surface area (Å²) < 4.78 is 10.5. The van der Waals surface area contributed by atoms with Crippen LogP contribution < -0.4 is 15.2 Å². The lowest BCUT2D eigenvalue weighted by atomic mass is 10.00. The van der Waals surface area contributed by atoms with Gasteiger partial charge in [-0.3, -0.25) is 0 Å². The van der Waals surface area contributed by atoms with Crippen LogP contribution in [0.15, 0.2) is 29.0 Å². The maximum atomic E-state index is 9.59. The smallest absolute Gasteiger partial charge is 0.131 e. The van der Waals surface area contributed by atoms with Crippen LogP contribution in [0.3, 0.4) is 0 Å². The van der Waals surface area contributed by atoms with E-state index >= 15 is 0 Å². The van der Waals surface area contributed by atoms with E-state index in [1.54, 1.807) is 11.3 Å². The predicted octanol–water partition coefficient (Wildman–Crippen LogP) is 2.52. The fraction of sp³-hybridized carbons (Fsp3) is 0.231. The Bertz CT molecular complexity index is 500. The van der Waals surface area contributed by atoms with Crippen LogP contribution in [0, 0.1) is 0 Å². The van der Waals surface area contributed by atoms with Crippen molar-refractivity contribution in [2.75, 3.05) is 14.2 Å². The quantitative estimate of drug-likeness (QED) is 0.891. The molecule has 1 heterocycles. The summed E-state index contributed by atoms with van der Waals surface area (Å²) >= 11 is 1.58. The van der Waals surface area contributed by atoms with Gasteiger partial charge in [0.25, 0.3) is 0 Å². The summed E-state index contributed by atoms with van der Waals surface area (Å²) in [6.45, 7) is 0. The molecule has 0 saturated carbocycles. The number of nitrogens with two attached hydrogens (primary N) is 1. The Kier molecular flexibility index (Phi) is 3.74. The molecular formula is C13H15NO3S. The number of aromatic hydroxyl groups is 1. The number of ether oxygens (including phenoxy) is 2. The normalized spacial score (nSPS) is 12.2. The van der Waals surface area contributed by atoms with Gasteiger partial charge in [-0.05, 0) is 22.4 Å². The third-order valence-corrected chi connectivity index (χ3v) is 3.44. The number of hydrogen-bond acceptors (Lipinski definition) is 5. The monoisotopic (exact) mass is 265 g/mol. The van der Waals surface area contributed by atoms with Gasteiger partial charge in [-0.25, -0.2) is 0 Å². The second-order valence-electron chi connectivity index (χ2n) is 3.80. The van der Waals surface area contributed by atoms with Gasteiger partial charge in [0.05, 0.1) is 25.8 Å². The topological polar surface area (TPSA) is 64.7 Å². The third kappa shape index (κ3) is 2.27. The molecule has 0 radical (unpaired) electrons. The molecule has 18 heavy (non-hydrogen) atoms. The van der Waals surface area contributed by atoms with Gasteiger partial charge in [-0.1, -0.05) is 0 Å². The standard InChI is InChI=1S/C13H15NO3S/c1-16-10-5-9(15)6-11(17-2)12(10)13(14)8-3-4-18-7-8/h3-7,13,15H,14H2,1-2H3/t13-/m0/s1. The summed E-state index contributed by atoms with van der Waals surface area (Å²) in [6.07, 6.45) is 0. The number of rotatable bonds is 4. The van der Waals surface area contributed by atoms with E-state index in [0.717, 1.165) is 11.1 Å². The Morgan fingerprint density at radius 1 is 1.22 bits per heavy atom. The summed E-state index contributed by atoms with van der Waals surface area (Å²) in [5.74, 6) is 1.13. The predicted molar refractivity (Wildman–Crippen MR) is 71.6 cm³/mol. The first-order chi connectivity index (χ1) is 8.67. The number of methoxy groups -OCH3 is 2. The highest BCUT2D eigenvalue weighted by molar-refractivity contribution is 7.08. The number of hydrogen-bond donors (Lipinski definition) is 2.